The van der Waals surface area contributed by atoms with E-state index in [-0.39, 0.29) is 6.61 Å². The standard InChI is InChI=1S/C11H10N2O2/c14-8-9-2-1-3-10(6-9)15-11-7-12-4-5-13-11/h1-7,14H,8H2. The predicted molar refractivity (Wildman–Crippen MR) is 54.5 cm³/mol. The van der Waals surface area contributed by atoms with Crippen molar-refractivity contribution in [2.75, 3.05) is 0 Å². The van der Waals surface area contributed by atoms with Crippen molar-refractivity contribution in [2.24, 2.45) is 0 Å². The largest absolute Gasteiger partial charge is 0.437 e. The molecule has 1 aromatic carbocycles. The Labute approximate surface area is 87.2 Å². The van der Waals surface area contributed by atoms with Gasteiger partial charge in [0, 0.05) is 12.4 Å². The second kappa shape index (κ2) is 4.52. The molecule has 0 saturated heterocycles. The average molecular weight is 202 g/mol. The van der Waals surface area contributed by atoms with Gasteiger partial charge < -0.3 is 9.84 Å². The molecule has 0 aliphatic rings. The molecule has 4 heteroatoms. The molecule has 0 fully saturated rings. The first-order valence-corrected chi connectivity index (χ1v) is 4.52. The third kappa shape index (κ3) is 2.51. The summed E-state index contributed by atoms with van der Waals surface area (Å²) >= 11 is 0. The molecule has 0 amide bonds. The monoisotopic (exact) mass is 202 g/mol. The summed E-state index contributed by atoms with van der Waals surface area (Å²) in [4.78, 5) is 7.87. The van der Waals surface area contributed by atoms with E-state index in [9.17, 15) is 0 Å². The van der Waals surface area contributed by atoms with Crippen LogP contribution in [0.2, 0.25) is 0 Å². The van der Waals surface area contributed by atoms with Crippen LogP contribution in [0.5, 0.6) is 11.6 Å². The number of aromatic nitrogens is 2. The molecule has 0 spiro atoms. The maximum Gasteiger partial charge on any atom is 0.237 e. The molecule has 0 aliphatic carbocycles. The van der Waals surface area contributed by atoms with E-state index in [1.807, 2.05) is 12.1 Å². The van der Waals surface area contributed by atoms with E-state index >= 15 is 0 Å². The first kappa shape index (κ1) is 9.61. The lowest BCUT2D eigenvalue weighted by atomic mass is 10.2. The van der Waals surface area contributed by atoms with Gasteiger partial charge in [0.05, 0.1) is 12.8 Å². The van der Waals surface area contributed by atoms with Crippen LogP contribution in [0.4, 0.5) is 0 Å². The zero-order valence-corrected chi connectivity index (χ0v) is 8.00. The second-order valence-corrected chi connectivity index (χ2v) is 2.95. The fourth-order valence-electron chi connectivity index (χ4n) is 1.17. The van der Waals surface area contributed by atoms with E-state index in [4.69, 9.17) is 9.84 Å². The number of hydrogen-bond acceptors (Lipinski definition) is 4. The Kier molecular flexibility index (Phi) is 2.90. The molecule has 2 rings (SSSR count). The summed E-state index contributed by atoms with van der Waals surface area (Å²) in [6, 6.07) is 7.20. The Bertz CT molecular complexity index is 432. The molecule has 0 unspecified atom stereocenters. The lowest BCUT2D eigenvalue weighted by Gasteiger charge is -2.04. The molecule has 15 heavy (non-hydrogen) atoms. The lowest BCUT2D eigenvalue weighted by Crippen LogP contribution is -1.89. The number of aliphatic hydroxyl groups excluding tert-OH is 1. The molecule has 0 atom stereocenters. The van der Waals surface area contributed by atoms with Crippen LogP contribution in [-0.2, 0) is 6.61 Å². The molecule has 0 radical (unpaired) electrons. The van der Waals surface area contributed by atoms with E-state index in [2.05, 4.69) is 9.97 Å². The molecule has 0 aliphatic heterocycles. The van der Waals surface area contributed by atoms with Crippen molar-refractivity contribution in [1.82, 2.24) is 9.97 Å². The minimum atomic E-state index is -0.00231. The van der Waals surface area contributed by atoms with Crippen molar-refractivity contribution < 1.29 is 9.84 Å². The number of ether oxygens (including phenoxy) is 1. The predicted octanol–water partition coefficient (Wildman–Crippen LogP) is 1.76. The van der Waals surface area contributed by atoms with E-state index in [1.165, 1.54) is 6.20 Å². The third-order valence-electron chi connectivity index (χ3n) is 1.84. The third-order valence-corrected chi connectivity index (χ3v) is 1.84. The molecule has 1 N–H and O–H groups in total. The number of benzene rings is 1. The summed E-state index contributed by atoms with van der Waals surface area (Å²) in [7, 11) is 0. The van der Waals surface area contributed by atoms with Crippen molar-refractivity contribution in [3.05, 3.63) is 48.4 Å². The minimum absolute atomic E-state index is 0.00231. The van der Waals surface area contributed by atoms with Crippen molar-refractivity contribution in [3.8, 4) is 11.6 Å². The van der Waals surface area contributed by atoms with Crippen LogP contribution < -0.4 is 4.74 Å². The Balaban J connectivity index is 2.17. The Morgan fingerprint density at radius 3 is 2.93 bits per heavy atom. The van der Waals surface area contributed by atoms with Gasteiger partial charge in [-0.05, 0) is 17.7 Å². The maximum atomic E-state index is 8.94. The van der Waals surface area contributed by atoms with Crippen molar-refractivity contribution in [3.63, 3.8) is 0 Å². The summed E-state index contributed by atoms with van der Waals surface area (Å²) in [6.07, 6.45) is 4.67. The lowest BCUT2D eigenvalue weighted by molar-refractivity contribution is 0.281. The fraction of sp³-hybridized carbons (Fsp3) is 0.0909. The number of rotatable bonds is 3. The van der Waals surface area contributed by atoms with Crippen molar-refractivity contribution >= 4 is 0 Å². The van der Waals surface area contributed by atoms with Gasteiger partial charge >= 0.3 is 0 Å². The first-order chi connectivity index (χ1) is 7.38. The molecule has 1 aromatic heterocycles. The average Bonchev–Trinajstić information content (AvgIpc) is 2.31. The molecule has 4 nitrogen and oxygen atoms in total. The zero-order valence-electron chi connectivity index (χ0n) is 8.00. The zero-order chi connectivity index (χ0) is 10.5. The van der Waals surface area contributed by atoms with Crippen LogP contribution in [0.1, 0.15) is 5.56 Å². The molecule has 76 valence electrons. The normalized spacial score (nSPS) is 9.93. The quantitative estimate of drug-likeness (QED) is 0.823. The van der Waals surface area contributed by atoms with E-state index in [0.717, 1.165) is 5.56 Å². The van der Waals surface area contributed by atoms with Crippen LogP contribution in [0.3, 0.4) is 0 Å². The van der Waals surface area contributed by atoms with Gasteiger partial charge in [0.1, 0.15) is 5.75 Å². The number of aliphatic hydroxyl groups is 1. The highest BCUT2D eigenvalue weighted by Gasteiger charge is 1.98. The molecule has 0 saturated carbocycles. The van der Waals surface area contributed by atoms with Gasteiger partial charge in [-0.3, -0.25) is 4.98 Å². The highest BCUT2D eigenvalue weighted by molar-refractivity contribution is 5.30. The van der Waals surface area contributed by atoms with Gasteiger partial charge in [-0.25, -0.2) is 4.98 Å². The van der Waals surface area contributed by atoms with Crippen LogP contribution >= 0.6 is 0 Å². The summed E-state index contributed by atoms with van der Waals surface area (Å²) in [5, 5.41) is 8.94. The van der Waals surface area contributed by atoms with Gasteiger partial charge in [-0.1, -0.05) is 12.1 Å². The molecule has 2 aromatic rings. The van der Waals surface area contributed by atoms with Gasteiger partial charge in [0.2, 0.25) is 5.88 Å². The van der Waals surface area contributed by atoms with Crippen molar-refractivity contribution in [1.29, 1.82) is 0 Å². The summed E-state index contributed by atoms with van der Waals surface area (Å²) in [6.45, 7) is -0.00231. The highest BCUT2D eigenvalue weighted by atomic mass is 16.5. The minimum Gasteiger partial charge on any atom is -0.437 e. The van der Waals surface area contributed by atoms with E-state index in [0.29, 0.717) is 11.6 Å². The molecule has 0 bridgehead atoms. The van der Waals surface area contributed by atoms with Gasteiger partial charge in [-0.2, -0.15) is 0 Å². The van der Waals surface area contributed by atoms with Gasteiger partial charge in [0.15, 0.2) is 0 Å². The first-order valence-electron chi connectivity index (χ1n) is 4.52. The Morgan fingerprint density at radius 2 is 2.20 bits per heavy atom. The number of hydrogen-bond donors (Lipinski definition) is 1. The van der Waals surface area contributed by atoms with Gasteiger partial charge in [0.25, 0.3) is 0 Å². The summed E-state index contributed by atoms with van der Waals surface area (Å²) in [5.74, 6) is 1.08. The fourth-order valence-corrected chi connectivity index (χ4v) is 1.17. The summed E-state index contributed by atoms with van der Waals surface area (Å²) < 4.78 is 5.44. The van der Waals surface area contributed by atoms with Crippen molar-refractivity contribution in [2.45, 2.75) is 6.61 Å². The molecule has 1 heterocycles. The maximum absolute atomic E-state index is 8.94. The van der Waals surface area contributed by atoms with E-state index < -0.39 is 0 Å². The van der Waals surface area contributed by atoms with Gasteiger partial charge in [-0.15, -0.1) is 0 Å². The SMILES string of the molecule is OCc1cccc(Oc2cnccn2)c1. The number of nitrogens with zero attached hydrogens (tertiary/aromatic N) is 2. The molecular weight excluding hydrogens is 192 g/mol. The smallest absolute Gasteiger partial charge is 0.237 e. The highest BCUT2D eigenvalue weighted by Crippen LogP contribution is 2.19. The van der Waals surface area contributed by atoms with Crippen LogP contribution in [0.25, 0.3) is 0 Å². The molecular formula is C11H10N2O2. The van der Waals surface area contributed by atoms with E-state index in [1.54, 1.807) is 24.5 Å². The van der Waals surface area contributed by atoms with Crippen LogP contribution in [-0.4, -0.2) is 15.1 Å². The Morgan fingerprint density at radius 1 is 1.27 bits per heavy atom. The van der Waals surface area contributed by atoms with Crippen LogP contribution in [0, 0.1) is 0 Å². The summed E-state index contributed by atoms with van der Waals surface area (Å²) in [5.41, 5.74) is 0.802. The Hall–Kier alpha value is -1.94. The van der Waals surface area contributed by atoms with Crippen LogP contribution in [0.15, 0.2) is 42.9 Å². The topological polar surface area (TPSA) is 55.2 Å². The second-order valence-electron chi connectivity index (χ2n) is 2.95.